The van der Waals surface area contributed by atoms with Crippen LogP contribution >= 0.6 is 0 Å². The average molecular weight is 282 g/mol. The Morgan fingerprint density at radius 2 is 1.94 bits per heavy atom. The second-order valence-corrected chi connectivity index (χ2v) is 5.40. The van der Waals surface area contributed by atoms with Gasteiger partial charge in [-0.05, 0) is 12.8 Å². The molecule has 9 heteroatoms. The molecule has 0 aromatic carbocycles. The van der Waals surface area contributed by atoms with Crippen molar-refractivity contribution in [2.75, 3.05) is 0 Å². The molecule has 1 aliphatic rings. The van der Waals surface area contributed by atoms with Crippen molar-refractivity contribution in [1.29, 1.82) is 0 Å². The Bertz CT molecular complexity index is 567. The van der Waals surface area contributed by atoms with Crippen LogP contribution in [0.2, 0.25) is 0 Å². The fourth-order valence-electron chi connectivity index (χ4n) is 1.31. The van der Waals surface area contributed by atoms with Crippen molar-refractivity contribution in [3.8, 4) is 5.75 Å². The molecule has 0 unspecified atom stereocenters. The Labute approximate surface area is 101 Å². The van der Waals surface area contributed by atoms with Crippen LogP contribution in [-0.4, -0.2) is 19.5 Å². The van der Waals surface area contributed by atoms with E-state index in [1.165, 1.54) is 0 Å². The number of nitrogens with zero attached hydrogens (tertiary/aromatic N) is 1. The molecule has 0 spiro atoms. The number of hydrogen-bond acceptors (Lipinski definition) is 4. The molecule has 1 saturated carbocycles. The molecular formula is C9H9F3N2O3S. The second kappa shape index (κ2) is 4.09. The Balaban J connectivity index is 2.59. The number of sulfonamides is 1. The number of nitrogens with two attached hydrogens (primary N) is 1. The first-order chi connectivity index (χ1) is 8.19. The van der Waals surface area contributed by atoms with Crippen LogP contribution in [0, 0.1) is 0 Å². The van der Waals surface area contributed by atoms with E-state index in [0.29, 0.717) is 19.0 Å². The molecule has 1 heterocycles. The van der Waals surface area contributed by atoms with Crippen molar-refractivity contribution in [3.05, 3.63) is 18.0 Å². The van der Waals surface area contributed by atoms with Gasteiger partial charge in [-0.2, -0.15) is 13.2 Å². The van der Waals surface area contributed by atoms with Gasteiger partial charge in [-0.25, -0.2) is 13.6 Å². The van der Waals surface area contributed by atoms with Crippen LogP contribution in [0.4, 0.5) is 13.2 Å². The van der Waals surface area contributed by atoms with Crippen LogP contribution in [0.25, 0.3) is 0 Å². The summed E-state index contributed by atoms with van der Waals surface area (Å²) in [6.45, 7) is 0. The number of primary sulfonamides is 1. The van der Waals surface area contributed by atoms with Gasteiger partial charge in [0.2, 0.25) is 10.0 Å². The highest BCUT2D eigenvalue weighted by atomic mass is 32.2. The molecule has 0 atom stereocenters. The number of aromatic nitrogens is 1. The highest BCUT2D eigenvalue weighted by Gasteiger charge is 2.39. The van der Waals surface area contributed by atoms with Gasteiger partial charge in [0, 0.05) is 6.20 Å². The molecule has 1 fully saturated rings. The normalized spacial score (nSPS) is 16.7. The Morgan fingerprint density at radius 3 is 2.39 bits per heavy atom. The SMILES string of the molecule is NS(=O)(=O)c1cncc(C(F)(F)F)c1OC1CC1. The number of ether oxygens (including phenoxy) is 1. The zero-order chi connectivity index (χ0) is 13.6. The first-order valence-electron chi connectivity index (χ1n) is 4.94. The van der Waals surface area contributed by atoms with E-state index in [4.69, 9.17) is 9.88 Å². The first-order valence-corrected chi connectivity index (χ1v) is 6.49. The molecule has 18 heavy (non-hydrogen) atoms. The van der Waals surface area contributed by atoms with E-state index in [0.717, 1.165) is 6.20 Å². The van der Waals surface area contributed by atoms with Crippen LogP contribution in [0.1, 0.15) is 18.4 Å². The van der Waals surface area contributed by atoms with Gasteiger partial charge in [-0.15, -0.1) is 0 Å². The molecule has 1 aromatic rings. The van der Waals surface area contributed by atoms with Gasteiger partial charge in [-0.1, -0.05) is 0 Å². The summed E-state index contributed by atoms with van der Waals surface area (Å²) in [6, 6.07) is 0. The molecular weight excluding hydrogens is 273 g/mol. The molecule has 1 aromatic heterocycles. The predicted octanol–water partition coefficient (Wildman–Crippen LogP) is 1.29. The average Bonchev–Trinajstić information content (AvgIpc) is 2.98. The third kappa shape index (κ3) is 2.72. The Morgan fingerprint density at radius 1 is 1.33 bits per heavy atom. The van der Waals surface area contributed by atoms with Crippen LogP contribution in [-0.2, 0) is 16.2 Å². The van der Waals surface area contributed by atoms with Crippen molar-refractivity contribution in [1.82, 2.24) is 4.98 Å². The van der Waals surface area contributed by atoms with Crippen molar-refractivity contribution in [2.24, 2.45) is 5.14 Å². The lowest BCUT2D eigenvalue weighted by atomic mass is 10.2. The number of halogens is 3. The zero-order valence-electron chi connectivity index (χ0n) is 8.94. The fourth-order valence-corrected chi connectivity index (χ4v) is 1.93. The monoisotopic (exact) mass is 282 g/mol. The summed E-state index contributed by atoms with van der Waals surface area (Å²) in [5.41, 5.74) is -1.24. The van der Waals surface area contributed by atoms with Crippen LogP contribution < -0.4 is 9.88 Å². The molecule has 0 aliphatic heterocycles. The number of hydrogen-bond donors (Lipinski definition) is 1. The van der Waals surface area contributed by atoms with Crippen molar-refractivity contribution in [2.45, 2.75) is 30.0 Å². The molecule has 5 nitrogen and oxygen atoms in total. The van der Waals surface area contributed by atoms with Gasteiger partial charge in [0.05, 0.1) is 12.3 Å². The maximum atomic E-state index is 12.7. The van der Waals surface area contributed by atoms with Crippen LogP contribution in [0.3, 0.4) is 0 Å². The maximum absolute atomic E-state index is 12.7. The minimum Gasteiger partial charge on any atom is -0.488 e. The number of alkyl halides is 3. The van der Waals surface area contributed by atoms with E-state index in [-0.39, 0.29) is 0 Å². The molecule has 100 valence electrons. The summed E-state index contributed by atoms with van der Waals surface area (Å²) in [5.74, 6) is -0.762. The van der Waals surface area contributed by atoms with Crippen molar-refractivity contribution in [3.63, 3.8) is 0 Å². The molecule has 0 saturated heterocycles. The minimum atomic E-state index is -4.75. The van der Waals surface area contributed by atoms with Crippen LogP contribution in [0.15, 0.2) is 17.3 Å². The predicted molar refractivity (Wildman–Crippen MR) is 54.3 cm³/mol. The fraction of sp³-hybridized carbons (Fsp3) is 0.444. The first kappa shape index (κ1) is 13.1. The molecule has 2 rings (SSSR count). The topological polar surface area (TPSA) is 82.3 Å². The second-order valence-electron chi connectivity index (χ2n) is 3.87. The molecule has 1 aliphatic carbocycles. The highest BCUT2D eigenvalue weighted by Crippen LogP contribution is 2.41. The Hall–Kier alpha value is -1.35. The van der Waals surface area contributed by atoms with E-state index >= 15 is 0 Å². The lowest BCUT2D eigenvalue weighted by Crippen LogP contribution is -2.18. The van der Waals surface area contributed by atoms with Gasteiger partial charge in [0.15, 0.2) is 5.75 Å². The molecule has 0 bridgehead atoms. The van der Waals surface area contributed by atoms with Crippen molar-refractivity contribution >= 4 is 10.0 Å². The standard InChI is InChI=1S/C9H9F3N2O3S/c10-9(11,12)6-3-14-4-7(18(13,15)16)8(6)17-5-1-2-5/h3-5H,1-2H2,(H2,13,15,16). The van der Waals surface area contributed by atoms with E-state index in [1.807, 2.05) is 0 Å². The lowest BCUT2D eigenvalue weighted by Gasteiger charge is -2.15. The Kier molecular flexibility index (Phi) is 2.98. The van der Waals surface area contributed by atoms with Gasteiger partial charge in [0.25, 0.3) is 0 Å². The van der Waals surface area contributed by atoms with E-state index in [9.17, 15) is 21.6 Å². The summed E-state index contributed by atoms with van der Waals surface area (Å²) in [4.78, 5) is 2.50. The third-order valence-corrected chi connectivity index (χ3v) is 3.19. The lowest BCUT2D eigenvalue weighted by molar-refractivity contribution is -0.139. The van der Waals surface area contributed by atoms with Crippen molar-refractivity contribution < 1.29 is 26.3 Å². The summed E-state index contributed by atoms with van der Waals surface area (Å²) >= 11 is 0. The summed E-state index contributed by atoms with van der Waals surface area (Å²) < 4.78 is 65.7. The van der Waals surface area contributed by atoms with Gasteiger partial charge >= 0.3 is 6.18 Å². The summed E-state index contributed by atoms with van der Waals surface area (Å²) in [7, 11) is -4.32. The van der Waals surface area contributed by atoms with E-state index in [2.05, 4.69) is 4.98 Å². The molecule has 2 N–H and O–H groups in total. The summed E-state index contributed by atoms with van der Waals surface area (Å²) in [6.07, 6.45) is -2.70. The minimum absolute atomic E-state index is 0.394. The van der Waals surface area contributed by atoms with Gasteiger partial charge < -0.3 is 4.74 Å². The van der Waals surface area contributed by atoms with E-state index in [1.54, 1.807) is 0 Å². The largest absolute Gasteiger partial charge is 0.488 e. The van der Waals surface area contributed by atoms with Crippen LogP contribution in [0.5, 0.6) is 5.75 Å². The van der Waals surface area contributed by atoms with Gasteiger partial charge in [0.1, 0.15) is 10.5 Å². The molecule has 0 radical (unpaired) electrons. The summed E-state index contributed by atoms with van der Waals surface area (Å²) in [5, 5.41) is 4.85. The molecule has 0 amide bonds. The smallest absolute Gasteiger partial charge is 0.421 e. The van der Waals surface area contributed by atoms with E-state index < -0.39 is 38.5 Å². The quantitative estimate of drug-likeness (QED) is 0.905. The maximum Gasteiger partial charge on any atom is 0.421 e. The van der Waals surface area contributed by atoms with Gasteiger partial charge in [-0.3, -0.25) is 4.98 Å². The number of pyridine rings is 1. The number of rotatable bonds is 3. The zero-order valence-corrected chi connectivity index (χ0v) is 9.75. The third-order valence-electron chi connectivity index (χ3n) is 2.28. The highest BCUT2D eigenvalue weighted by molar-refractivity contribution is 7.89.